The van der Waals surface area contributed by atoms with Gasteiger partial charge in [0.25, 0.3) is 0 Å². The van der Waals surface area contributed by atoms with Crippen molar-refractivity contribution in [3.05, 3.63) is 40.7 Å². The molecule has 2 heterocycles. The molecule has 0 aliphatic heterocycles. The van der Waals surface area contributed by atoms with E-state index in [0.717, 1.165) is 5.69 Å². The molecule has 142 valence electrons. The molecular weight excluding hydrogens is 360 g/mol. The van der Waals surface area contributed by atoms with Gasteiger partial charge in [0.15, 0.2) is 5.78 Å². The summed E-state index contributed by atoms with van der Waals surface area (Å²) in [4.78, 5) is 12.8. The molecule has 1 atom stereocenters. The van der Waals surface area contributed by atoms with Crippen LogP contribution in [0.1, 0.15) is 67.4 Å². The molecule has 26 heavy (non-hydrogen) atoms. The maximum atomic E-state index is 13.3. The summed E-state index contributed by atoms with van der Waals surface area (Å²) in [7, 11) is 0. The van der Waals surface area contributed by atoms with Gasteiger partial charge in [0.1, 0.15) is 0 Å². The topological polar surface area (TPSA) is 41.7 Å². The van der Waals surface area contributed by atoms with Crippen LogP contribution in [0.3, 0.4) is 0 Å². The number of pyridine rings is 1. The molecule has 0 amide bonds. The number of nitrogens with zero attached hydrogens (tertiary/aromatic N) is 1. The summed E-state index contributed by atoms with van der Waals surface area (Å²) in [6.45, 7) is 1.86. The van der Waals surface area contributed by atoms with Crippen LogP contribution in [0.25, 0.3) is 5.52 Å². The first-order valence-electron chi connectivity index (χ1n) is 9.14. The van der Waals surface area contributed by atoms with Gasteiger partial charge in [-0.25, -0.2) is 8.78 Å². The Hall–Kier alpha value is -1.46. The molecular formula is C20H24ClF2NO2. The van der Waals surface area contributed by atoms with Gasteiger partial charge in [-0.3, -0.25) is 4.79 Å². The molecule has 2 aromatic heterocycles. The van der Waals surface area contributed by atoms with Gasteiger partial charge in [-0.1, -0.05) is 18.5 Å². The smallest absolute Gasteiger partial charge is 0.248 e. The second kappa shape index (κ2) is 7.65. The molecule has 0 saturated heterocycles. The van der Waals surface area contributed by atoms with Gasteiger partial charge in [0.05, 0.1) is 17.1 Å². The van der Waals surface area contributed by atoms with Gasteiger partial charge in [-0.05, 0) is 43.4 Å². The number of halogens is 3. The zero-order chi connectivity index (χ0) is 18.9. The van der Waals surface area contributed by atoms with E-state index in [2.05, 4.69) is 0 Å². The monoisotopic (exact) mass is 383 g/mol. The zero-order valence-corrected chi connectivity index (χ0v) is 15.6. The summed E-state index contributed by atoms with van der Waals surface area (Å²) >= 11 is 6.33. The fourth-order valence-corrected chi connectivity index (χ4v) is 4.05. The lowest BCUT2D eigenvalue weighted by atomic mass is 9.83. The Labute approximate surface area is 157 Å². The molecule has 0 radical (unpaired) electrons. The van der Waals surface area contributed by atoms with Crippen LogP contribution >= 0.6 is 11.6 Å². The highest BCUT2D eigenvalue weighted by Gasteiger charge is 2.34. The second-order valence-electron chi connectivity index (χ2n) is 7.40. The van der Waals surface area contributed by atoms with Crippen molar-refractivity contribution in [1.29, 1.82) is 0 Å². The Morgan fingerprint density at radius 2 is 2.12 bits per heavy atom. The normalized spacial score (nSPS) is 19.0. The Balaban J connectivity index is 1.78. The third-order valence-corrected chi connectivity index (χ3v) is 5.77. The van der Waals surface area contributed by atoms with Crippen molar-refractivity contribution in [2.45, 2.75) is 57.3 Å². The van der Waals surface area contributed by atoms with E-state index in [-0.39, 0.29) is 37.1 Å². The first kappa shape index (κ1) is 19.3. The number of aliphatic hydroxyl groups is 1. The number of carbonyl (C=O) groups excluding carboxylic acids is 1. The Morgan fingerprint density at radius 3 is 2.77 bits per heavy atom. The number of Topliss-reactive ketones (excluding diaryl/α,β-unsaturated/α-hetero) is 1. The number of alkyl halides is 2. The van der Waals surface area contributed by atoms with Crippen LogP contribution in [-0.4, -0.2) is 27.8 Å². The largest absolute Gasteiger partial charge is 0.396 e. The maximum Gasteiger partial charge on any atom is 0.248 e. The SMILES string of the molecule is CC(CO)c1cc(C(=O)CCC2CCC(F)(F)CC2)c2c(Cl)cccn12. The van der Waals surface area contributed by atoms with E-state index >= 15 is 0 Å². The number of rotatable bonds is 6. The summed E-state index contributed by atoms with van der Waals surface area (Å²) in [5, 5.41) is 9.98. The zero-order valence-electron chi connectivity index (χ0n) is 14.9. The summed E-state index contributed by atoms with van der Waals surface area (Å²) in [5.74, 6) is -2.51. The third kappa shape index (κ3) is 3.94. The number of aliphatic hydroxyl groups excluding tert-OH is 1. The lowest BCUT2D eigenvalue weighted by molar-refractivity contribution is -0.0464. The van der Waals surface area contributed by atoms with Gasteiger partial charge in [-0.2, -0.15) is 0 Å². The summed E-state index contributed by atoms with van der Waals surface area (Å²) in [5.41, 5.74) is 2.04. The van der Waals surface area contributed by atoms with Crippen LogP contribution in [0.15, 0.2) is 24.4 Å². The van der Waals surface area contributed by atoms with Crippen molar-refractivity contribution in [2.24, 2.45) is 5.92 Å². The summed E-state index contributed by atoms with van der Waals surface area (Å²) in [6, 6.07) is 5.35. The van der Waals surface area contributed by atoms with E-state index in [0.29, 0.717) is 41.8 Å². The molecule has 1 fully saturated rings. The molecule has 0 spiro atoms. The van der Waals surface area contributed by atoms with Crippen molar-refractivity contribution in [3.63, 3.8) is 0 Å². The van der Waals surface area contributed by atoms with E-state index in [9.17, 15) is 18.7 Å². The standard InChI is InChI=1S/C20H24ClF2NO2/c1-13(12-25)17-11-15(19-16(21)3-2-10-24(17)19)18(26)5-4-14-6-8-20(22,23)9-7-14/h2-3,10-11,13-14,25H,4-9,12H2,1H3. The van der Waals surface area contributed by atoms with Crippen LogP contribution in [-0.2, 0) is 0 Å². The van der Waals surface area contributed by atoms with E-state index in [4.69, 9.17) is 11.6 Å². The third-order valence-electron chi connectivity index (χ3n) is 5.47. The Morgan fingerprint density at radius 1 is 1.42 bits per heavy atom. The van der Waals surface area contributed by atoms with E-state index in [1.54, 1.807) is 18.2 Å². The lowest BCUT2D eigenvalue weighted by Gasteiger charge is -2.27. The Kier molecular flexibility index (Phi) is 5.68. The first-order chi connectivity index (χ1) is 12.3. The fraction of sp³-hybridized carbons (Fsp3) is 0.550. The molecule has 6 heteroatoms. The quantitative estimate of drug-likeness (QED) is 0.671. The molecule has 1 aliphatic rings. The van der Waals surface area contributed by atoms with Crippen molar-refractivity contribution in [1.82, 2.24) is 4.40 Å². The summed E-state index contributed by atoms with van der Waals surface area (Å²) in [6.07, 6.45) is 3.59. The van der Waals surface area contributed by atoms with Crippen molar-refractivity contribution in [2.75, 3.05) is 6.61 Å². The van der Waals surface area contributed by atoms with Crippen molar-refractivity contribution in [3.8, 4) is 0 Å². The minimum Gasteiger partial charge on any atom is -0.396 e. The summed E-state index contributed by atoms with van der Waals surface area (Å²) < 4.78 is 28.4. The molecule has 1 saturated carbocycles. The average molecular weight is 384 g/mol. The average Bonchev–Trinajstić information content (AvgIpc) is 3.01. The molecule has 1 N–H and O–H groups in total. The predicted molar refractivity (Wildman–Crippen MR) is 98.4 cm³/mol. The van der Waals surface area contributed by atoms with E-state index in [1.807, 2.05) is 17.5 Å². The van der Waals surface area contributed by atoms with Gasteiger partial charge in [0.2, 0.25) is 5.92 Å². The fourth-order valence-electron chi connectivity index (χ4n) is 3.79. The molecule has 0 aromatic carbocycles. The Bertz CT molecular complexity index is 792. The predicted octanol–water partition coefficient (Wildman–Crippen LogP) is 5.48. The van der Waals surface area contributed by atoms with Crippen LogP contribution < -0.4 is 0 Å². The number of ketones is 1. The number of hydrogen-bond donors (Lipinski definition) is 1. The number of fused-ring (bicyclic) bond motifs is 1. The van der Waals surface area contributed by atoms with Crippen LogP contribution in [0.5, 0.6) is 0 Å². The highest BCUT2D eigenvalue weighted by atomic mass is 35.5. The highest BCUT2D eigenvalue weighted by molar-refractivity contribution is 6.35. The molecule has 1 aliphatic carbocycles. The first-order valence-corrected chi connectivity index (χ1v) is 9.51. The van der Waals surface area contributed by atoms with E-state index < -0.39 is 5.92 Å². The highest BCUT2D eigenvalue weighted by Crippen LogP contribution is 2.38. The van der Waals surface area contributed by atoms with Gasteiger partial charge in [0, 0.05) is 42.6 Å². The molecule has 3 nitrogen and oxygen atoms in total. The van der Waals surface area contributed by atoms with E-state index in [1.165, 1.54) is 0 Å². The second-order valence-corrected chi connectivity index (χ2v) is 7.81. The van der Waals surface area contributed by atoms with Crippen LogP contribution in [0, 0.1) is 5.92 Å². The van der Waals surface area contributed by atoms with Crippen molar-refractivity contribution >= 4 is 22.9 Å². The van der Waals surface area contributed by atoms with Gasteiger partial charge in [-0.15, -0.1) is 0 Å². The van der Waals surface area contributed by atoms with Crippen LogP contribution in [0.2, 0.25) is 5.02 Å². The minimum atomic E-state index is -2.54. The van der Waals surface area contributed by atoms with Crippen LogP contribution in [0.4, 0.5) is 8.78 Å². The molecule has 2 aromatic rings. The van der Waals surface area contributed by atoms with Gasteiger partial charge >= 0.3 is 0 Å². The molecule has 1 unspecified atom stereocenters. The molecule has 0 bridgehead atoms. The maximum absolute atomic E-state index is 13.3. The lowest BCUT2D eigenvalue weighted by Crippen LogP contribution is -2.24. The number of hydrogen-bond acceptors (Lipinski definition) is 2. The minimum absolute atomic E-state index is 0.0238. The number of carbonyl (C=O) groups is 1. The molecule has 3 rings (SSSR count). The number of aromatic nitrogens is 1. The van der Waals surface area contributed by atoms with Crippen molar-refractivity contribution < 1.29 is 18.7 Å². The van der Waals surface area contributed by atoms with Gasteiger partial charge < -0.3 is 9.51 Å².